The highest BCUT2D eigenvalue weighted by atomic mass is 32.2. The van der Waals surface area contributed by atoms with Crippen LogP contribution < -0.4 is 5.32 Å². The molecule has 116 valence electrons. The van der Waals surface area contributed by atoms with Gasteiger partial charge in [-0.05, 0) is 31.2 Å². The van der Waals surface area contributed by atoms with Crippen molar-refractivity contribution >= 4 is 23.4 Å². The van der Waals surface area contributed by atoms with Crippen LogP contribution in [0, 0.1) is 0 Å². The minimum absolute atomic E-state index is 0.0720. The van der Waals surface area contributed by atoms with Crippen molar-refractivity contribution in [2.75, 3.05) is 5.32 Å². The summed E-state index contributed by atoms with van der Waals surface area (Å²) >= 11 is 1.33. The first kappa shape index (κ1) is 15.3. The number of carbonyl (C=O) groups excluding carboxylic acids is 1. The van der Waals surface area contributed by atoms with E-state index in [0.717, 1.165) is 11.4 Å². The average molecular weight is 324 g/mol. The quantitative estimate of drug-likeness (QED) is 0.731. The van der Waals surface area contributed by atoms with Crippen LogP contribution >= 0.6 is 11.8 Å². The fourth-order valence-corrected chi connectivity index (χ4v) is 2.71. The molecule has 1 amide bonds. The van der Waals surface area contributed by atoms with Gasteiger partial charge in [0.25, 0.3) is 0 Å². The van der Waals surface area contributed by atoms with E-state index < -0.39 is 0 Å². The topological polar surface area (TPSA) is 59.8 Å². The molecule has 6 heteroatoms. The van der Waals surface area contributed by atoms with Crippen molar-refractivity contribution in [2.45, 2.75) is 17.3 Å². The molecule has 23 heavy (non-hydrogen) atoms. The largest absolute Gasteiger partial charge is 0.325 e. The average Bonchev–Trinajstić information content (AvgIpc) is 3.05. The van der Waals surface area contributed by atoms with E-state index in [1.54, 1.807) is 11.0 Å². The van der Waals surface area contributed by atoms with Crippen molar-refractivity contribution in [3.8, 4) is 5.69 Å². The summed E-state index contributed by atoms with van der Waals surface area (Å²) in [5.74, 6) is -0.0720. The molecule has 1 atom stereocenters. The minimum atomic E-state index is -0.290. The van der Waals surface area contributed by atoms with Crippen LogP contribution in [-0.2, 0) is 4.79 Å². The number of hydrogen-bond donors (Lipinski definition) is 1. The van der Waals surface area contributed by atoms with Crippen molar-refractivity contribution in [1.82, 2.24) is 14.8 Å². The molecule has 0 aliphatic heterocycles. The smallest absolute Gasteiger partial charge is 0.237 e. The number of carbonyl (C=O) groups is 1. The predicted molar refractivity (Wildman–Crippen MR) is 91.7 cm³/mol. The molecule has 1 aromatic heterocycles. The fraction of sp³-hybridized carbons (Fsp3) is 0.118. The molecule has 0 saturated heterocycles. The molecule has 0 bridgehead atoms. The van der Waals surface area contributed by atoms with E-state index in [1.807, 2.05) is 67.6 Å². The Kier molecular flexibility index (Phi) is 4.73. The number of rotatable bonds is 5. The van der Waals surface area contributed by atoms with E-state index in [1.165, 1.54) is 11.8 Å². The first-order chi connectivity index (χ1) is 11.2. The summed E-state index contributed by atoms with van der Waals surface area (Å²) in [4.78, 5) is 16.5. The molecule has 1 heterocycles. The molecule has 3 aromatic rings. The van der Waals surface area contributed by atoms with Gasteiger partial charge in [-0.15, -0.1) is 5.10 Å². The highest BCUT2D eigenvalue weighted by molar-refractivity contribution is 8.00. The summed E-state index contributed by atoms with van der Waals surface area (Å²) in [6.45, 7) is 1.84. The van der Waals surface area contributed by atoms with Crippen LogP contribution in [0.25, 0.3) is 5.69 Å². The molecule has 5 nitrogen and oxygen atoms in total. The zero-order chi connectivity index (χ0) is 16.1. The third-order valence-electron chi connectivity index (χ3n) is 3.18. The van der Waals surface area contributed by atoms with Crippen molar-refractivity contribution in [3.63, 3.8) is 0 Å². The van der Waals surface area contributed by atoms with E-state index in [-0.39, 0.29) is 11.2 Å². The number of nitrogens with zero attached hydrogens (tertiary/aromatic N) is 3. The summed E-state index contributed by atoms with van der Waals surface area (Å²) < 4.78 is 1.70. The number of aromatic nitrogens is 3. The van der Waals surface area contributed by atoms with Crippen LogP contribution in [0.3, 0.4) is 0 Å². The zero-order valence-electron chi connectivity index (χ0n) is 12.6. The van der Waals surface area contributed by atoms with Crippen molar-refractivity contribution in [3.05, 3.63) is 67.0 Å². The molecule has 0 aliphatic rings. The van der Waals surface area contributed by atoms with Crippen LogP contribution in [0.5, 0.6) is 0 Å². The SMILES string of the molecule is C[C@@H](Sc1ncn(-c2ccccc2)n1)C(=O)Nc1ccccc1. The number of anilines is 1. The number of nitrogens with one attached hydrogen (secondary N) is 1. The van der Waals surface area contributed by atoms with E-state index in [9.17, 15) is 4.79 Å². The number of amides is 1. The molecule has 3 rings (SSSR count). The maximum Gasteiger partial charge on any atom is 0.237 e. The molecule has 0 spiro atoms. The first-order valence-corrected chi connectivity index (χ1v) is 8.10. The van der Waals surface area contributed by atoms with Crippen LogP contribution in [0.1, 0.15) is 6.92 Å². The Bertz CT molecular complexity index is 774. The number of thioether (sulfide) groups is 1. The third kappa shape index (κ3) is 3.98. The molecule has 0 aliphatic carbocycles. The zero-order valence-corrected chi connectivity index (χ0v) is 13.4. The molecule has 0 fully saturated rings. The van der Waals surface area contributed by atoms with Gasteiger partial charge in [-0.25, -0.2) is 9.67 Å². The van der Waals surface area contributed by atoms with Crippen LogP contribution in [0.15, 0.2) is 72.1 Å². The van der Waals surface area contributed by atoms with Gasteiger partial charge in [-0.3, -0.25) is 4.79 Å². The Balaban J connectivity index is 1.63. The minimum Gasteiger partial charge on any atom is -0.325 e. The molecule has 0 saturated carbocycles. The molecule has 2 aromatic carbocycles. The van der Waals surface area contributed by atoms with Crippen LogP contribution in [-0.4, -0.2) is 25.9 Å². The third-order valence-corrected chi connectivity index (χ3v) is 4.15. The molecular weight excluding hydrogens is 308 g/mol. The van der Waals surface area contributed by atoms with Gasteiger partial charge in [0.05, 0.1) is 10.9 Å². The lowest BCUT2D eigenvalue weighted by Crippen LogP contribution is -2.22. The monoisotopic (exact) mass is 324 g/mol. The molecular formula is C17H16N4OS. The highest BCUT2D eigenvalue weighted by Gasteiger charge is 2.17. The summed E-state index contributed by atoms with van der Waals surface area (Å²) in [7, 11) is 0. The van der Waals surface area contributed by atoms with E-state index in [2.05, 4.69) is 15.4 Å². The second-order valence-corrected chi connectivity index (χ2v) is 6.23. The Morgan fingerprint density at radius 3 is 2.43 bits per heavy atom. The fourth-order valence-electron chi connectivity index (χ4n) is 1.98. The van der Waals surface area contributed by atoms with Gasteiger partial charge in [0, 0.05) is 5.69 Å². The van der Waals surface area contributed by atoms with Crippen molar-refractivity contribution < 1.29 is 4.79 Å². The number of benzene rings is 2. The summed E-state index contributed by atoms with van der Waals surface area (Å²) in [6.07, 6.45) is 1.65. The Labute approximate surface area is 138 Å². The van der Waals surface area contributed by atoms with Gasteiger partial charge in [0.2, 0.25) is 11.1 Å². The number of hydrogen-bond acceptors (Lipinski definition) is 4. The Morgan fingerprint density at radius 1 is 1.09 bits per heavy atom. The Hall–Kier alpha value is -2.60. The maximum absolute atomic E-state index is 12.2. The van der Waals surface area contributed by atoms with Gasteiger partial charge in [0.1, 0.15) is 6.33 Å². The van der Waals surface area contributed by atoms with Crippen LogP contribution in [0.2, 0.25) is 0 Å². The van der Waals surface area contributed by atoms with Gasteiger partial charge >= 0.3 is 0 Å². The maximum atomic E-state index is 12.2. The van der Waals surface area contributed by atoms with Crippen LogP contribution in [0.4, 0.5) is 5.69 Å². The van der Waals surface area contributed by atoms with Crippen molar-refractivity contribution in [2.24, 2.45) is 0 Å². The molecule has 0 unspecified atom stereocenters. The lowest BCUT2D eigenvalue weighted by atomic mass is 10.3. The van der Waals surface area contributed by atoms with Gasteiger partial charge in [-0.1, -0.05) is 48.2 Å². The number of para-hydroxylation sites is 2. The molecule has 1 N–H and O–H groups in total. The Morgan fingerprint density at radius 2 is 1.74 bits per heavy atom. The van der Waals surface area contributed by atoms with E-state index in [4.69, 9.17) is 0 Å². The first-order valence-electron chi connectivity index (χ1n) is 7.22. The highest BCUT2D eigenvalue weighted by Crippen LogP contribution is 2.21. The van der Waals surface area contributed by atoms with Crippen molar-refractivity contribution in [1.29, 1.82) is 0 Å². The lowest BCUT2D eigenvalue weighted by molar-refractivity contribution is -0.115. The van der Waals surface area contributed by atoms with E-state index in [0.29, 0.717) is 5.16 Å². The second kappa shape index (κ2) is 7.11. The standard InChI is InChI=1S/C17H16N4OS/c1-13(16(22)19-14-8-4-2-5-9-14)23-17-18-12-21(20-17)15-10-6-3-7-11-15/h2-13H,1H3,(H,19,22)/t13-/m1/s1. The predicted octanol–water partition coefficient (Wildman–Crippen LogP) is 3.39. The van der Waals surface area contributed by atoms with Gasteiger partial charge < -0.3 is 5.32 Å². The molecule has 0 radical (unpaired) electrons. The van der Waals surface area contributed by atoms with Gasteiger partial charge in [-0.2, -0.15) is 0 Å². The summed E-state index contributed by atoms with van der Waals surface area (Å²) in [5, 5.41) is 7.56. The summed E-state index contributed by atoms with van der Waals surface area (Å²) in [5.41, 5.74) is 1.72. The second-order valence-electron chi connectivity index (χ2n) is 4.92. The normalized spacial score (nSPS) is 11.9. The summed E-state index contributed by atoms with van der Waals surface area (Å²) in [6, 6.07) is 19.1. The van der Waals surface area contributed by atoms with E-state index >= 15 is 0 Å². The van der Waals surface area contributed by atoms with Gasteiger partial charge in [0.15, 0.2) is 0 Å². The lowest BCUT2D eigenvalue weighted by Gasteiger charge is -2.09.